The fourth-order valence-corrected chi connectivity index (χ4v) is 3.96. The summed E-state index contributed by atoms with van der Waals surface area (Å²) in [6, 6.07) is 8.51. The fraction of sp³-hybridized carbons (Fsp3) is 0.500. The van der Waals surface area contributed by atoms with Gasteiger partial charge >= 0.3 is 0 Å². The molecule has 3 heterocycles. The van der Waals surface area contributed by atoms with Crippen LogP contribution in [0.2, 0.25) is 0 Å². The number of hydrogen-bond acceptors (Lipinski definition) is 4. The van der Waals surface area contributed by atoms with Gasteiger partial charge in [0.25, 0.3) is 0 Å². The van der Waals surface area contributed by atoms with Crippen LogP contribution in [0.1, 0.15) is 28.9 Å². The first kappa shape index (κ1) is 17.2. The number of amides is 1. The van der Waals surface area contributed by atoms with Gasteiger partial charge in [0.2, 0.25) is 5.91 Å². The summed E-state index contributed by atoms with van der Waals surface area (Å²) in [6.07, 6.45) is 1.11. The lowest BCUT2D eigenvalue weighted by atomic mass is 10.1. The van der Waals surface area contributed by atoms with Crippen molar-refractivity contribution in [3.63, 3.8) is 0 Å². The van der Waals surface area contributed by atoms with Gasteiger partial charge in [-0.3, -0.25) is 14.4 Å². The summed E-state index contributed by atoms with van der Waals surface area (Å²) >= 11 is 0. The molecule has 0 saturated carbocycles. The highest BCUT2D eigenvalue weighted by atomic mass is 16.2. The van der Waals surface area contributed by atoms with Crippen LogP contribution in [-0.4, -0.2) is 46.8 Å². The quantitative estimate of drug-likeness (QED) is 0.915. The second-order valence-electron chi connectivity index (χ2n) is 7.48. The lowest BCUT2D eigenvalue weighted by Crippen LogP contribution is -2.50. The maximum atomic E-state index is 12.7. The Bertz CT molecular complexity index is 769. The third-order valence-corrected chi connectivity index (χ3v) is 5.15. The van der Waals surface area contributed by atoms with E-state index < -0.39 is 0 Å². The number of rotatable bonds is 3. The minimum atomic E-state index is 0.170. The van der Waals surface area contributed by atoms with Gasteiger partial charge in [0.1, 0.15) is 0 Å². The van der Waals surface area contributed by atoms with Crippen molar-refractivity contribution in [1.82, 2.24) is 20.0 Å². The van der Waals surface area contributed by atoms with E-state index in [0.717, 1.165) is 57.1 Å². The second kappa shape index (κ2) is 7.21. The van der Waals surface area contributed by atoms with Gasteiger partial charge in [-0.1, -0.05) is 6.07 Å². The molecule has 26 heavy (non-hydrogen) atoms. The van der Waals surface area contributed by atoms with Gasteiger partial charge < -0.3 is 10.2 Å². The summed E-state index contributed by atoms with van der Waals surface area (Å²) in [4.78, 5) is 16.8. The minimum Gasteiger partial charge on any atom is -0.311 e. The van der Waals surface area contributed by atoms with Gasteiger partial charge in [0.15, 0.2) is 0 Å². The van der Waals surface area contributed by atoms with Crippen LogP contribution in [0.25, 0.3) is 0 Å². The molecule has 1 fully saturated rings. The Kier molecular flexibility index (Phi) is 4.78. The zero-order valence-corrected chi connectivity index (χ0v) is 15.7. The van der Waals surface area contributed by atoms with Crippen LogP contribution in [0.3, 0.4) is 0 Å². The Morgan fingerprint density at radius 2 is 1.88 bits per heavy atom. The first-order valence-corrected chi connectivity index (χ1v) is 9.46. The molecule has 4 rings (SSSR count). The number of piperazine rings is 1. The van der Waals surface area contributed by atoms with Gasteiger partial charge in [-0.15, -0.1) is 0 Å². The standard InChI is InChI=1S/C20H27N5O/c1-15-8-16(2)10-18(9-15)24-7-6-23(14-20(24)26)13-17-11-19-12-21-4-3-5-25(19)22-17/h8-11,21H,3-7,12-14H2,1-2H3. The minimum absolute atomic E-state index is 0.170. The van der Waals surface area contributed by atoms with Crippen molar-refractivity contribution in [2.75, 3.05) is 31.1 Å². The fourth-order valence-electron chi connectivity index (χ4n) is 3.96. The molecular weight excluding hydrogens is 326 g/mol. The van der Waals surface area contributed by atoms with Gasteiger partial charge in [-0.05, 0) is 56.1 Å². The topological polar surface area (TPSA) is 53.4 Å². The van der Waals surface area contributed by atoms with Gasteiger partial charge in [0.05, 0.1) is 17.9 Å². The number of aromatic nitrogens is 2. The van der Waals surface area contributed by atoms with Crippen LogP contribution in [0.15, 0.2) is 24.3 Å². The van der Waals surface area contributed by atoms with Crippen molar-refractivity contribution in [3.8, 4) is 0 Å². The third-order valence-electron chi connectivity index (χ3n) is 5.15. The van der Waals surface area contributed by atoms with E-state index in [-0.39, 0.29) is 5.91 Å². The van der Waals surface area contributed by atoms with E-state index in [4.69, 9.17) is 5.10 Å². The normalized spacial score (nSPS) is 18.7. The van der Waals surface area contributed by atoms with E-state index in [1.807, 2.05) is 4.90 Å². The molecule has 6 heteroatoms. The zero-order chi connectivity index (χ0) is 18.1. The number of carbonyl (C=O) groups is 1. The molecular formula is C20H27N5O. The van der Waals surface area contributed by atoms with Crippen molar-refractivity contribution >= 4 is 11.6 Å². The number of nitrogens with zero attached hydrogens (tertiary/aromatic N) is 4. The lowest BCUT2D eigenvalue weighted by Gasteiger charge is -2.34. The molecule has 0 atom stereocenters. The summed E-state index contributed by atoms with van der Waals surface area (Å²) in [6.45, 7) is 9.86. The molecule has 138 valence electrons. The van der Waals surface area contributed by atoms with Crippen molar-refractivity contribution in [2.45, 2.75) is 39.9 Å². The largest absolute Gasteiger partial charge is 0.311 e. The lowest BCUT2D eigenvalue weighted by molar-refractivity contribution is -0.121. The molecule has 0 radical (unpaired) electrons. The second-order valence-corrected chi connectivity index (χ2v) is 7.48. The monoisotopic (exact) mass is 353 g/mol. The molecule has 0 bridgehead atoms. The maximum absolute atomic E-state index is 12.7. The number of nitrogens with one attached hydrogen (secondary N) is 1. The molecule has 1 saturated heterocycles. The van der Waals surface area contributed by atoms with Crippen LogP contribution < -0.4 is 10.2 Å². The Balaban J connectivity index is 1.42. The average Bonchev–Trinajstić information content (AvgIpc) is 2.82. The van der Waals surface area contributed by atoms with Gasteiger partial charge in [-0.25, -0.2) is 0 Å². The van der Waals surface area contributed by atoms with Crippen LogP contribution in [0, 0.1) is 13.8 Å². The molecule has 0 unspecified atom stereocenters. The SMILES string of the molecule is Cc1cc(C)cc(N2CCN(Cc3cc4n(n3)CCCNC4)CC2=O)c1. The van der Waals surface area contributed by atoms with E-state index in [9.17, 15) is 4.79 Å². The number of carbonyl (C=O) groups excluding carboxylic acids is 1. The van der Waals surface area contributed by atoms with E-state index in [1.54, 1.807) is 0 Å². The molecule has 2 aromatic rings. The maximum Gasteiger partial charge on any atom is 0.241 e. The molecule has 2 aliphatic rings. The van der Waals surface area contributed by atoms with Crippen molar-refractivity contribution in [3.05, 3.63) is 46.8 Å². The van der Waals surface area contributed by atoms with Crippen LogP contribution >= 0.6 is 0 Å². The van der Waals surface area contributed by atoms with E-state index in [1.165, 1.54) is 16.8 Å². The molecule has 1 amide bonds. The highest BCUT2D eigenvalue weighted by Crippen LogP contribution is 2.21. The molecule has 1 aromatic heterocycles. The van der Waals surface area contributed by atoms with Crippen LogP contribution in [0.4, 0.5) is 5.69 Å². The smallest absolute Gasteiger partial charge is 0.241 e. The first-order chi connectivity index (χ1) is 12.6. The summed E-state index contributed by atoms with van der Waals surface area (Å²) in [5, 5.41) is 8.17. The van der Waals surface area contributed by atoms with Gasteiger partial charge in [-0.2, -0.15) is 5.10 Å². The third kappa shape index (κ3) is 3.66. The number of aryl methyl sites for hydroxylation is 3. The van der Waals surface area contributed by atoms with E-state index in [2.05, 4.69) is 53.0 Å². The molecule has 2 aliphatic heterocycles. The summed E-state index contributed by atoms with van der Waals surface area (Å²) < 4.78 is 2.11. The highest BCUT2D eigenvalue weighted by Gasteiger charge is 2.26. The number of hydrogen-bond donors (Lipinski definition) is 1. The number of benzene rings is 1. The molecule has 6 nitrogen and oxygen atoms in total. The molecule has 0 spiro atoms. The average molecular weight is 353 g/mol. The number of fused-ring (bicyclic) bond motifs is 1. The summed E-state index contributed by atoms with van der Waals surface area (Å²) in [5.74, 6) is 0.170. The van der Waals surface area contributed by atoms with Crippen LogP contribution in [0.5, 0.6) is 0 Å². The van der Waals surface area contributed by atoms with Crippen molar-refractivity contribution < 1.29 is 4.79 Å². The predicted molar refractivity (Wildman–Crippen MR) is 102 cm³/mol. The van der Waals surface area contributed by atoms with Crippen LogP contribution in [-0.2, 0) is 24.4 Å². The van der Waals surface area contributed by atoms with Gasteiger partial charge in [0, 0.05) is 38.4 Å². The Morgan fingerprint density at radius 3 is 2.65 bits per heavy atom. The first-order valence-electron chi connectivity index (χ1n) is 9.46. The Morgan fingerprint density at radius 1 is 1.08 bits per heavy atom. The predicted octanol–water partition coefficient (Wildman–Crippen LogP) is 1.84. The van der Waals surface area contributed by atoms with Crippen molar-refractivity contribution in [1.29, 1.82) is 0 Å². The number of anilines is 1. The molecule has 0 aliphatic carbocycles. The zero-order valence-electron chi connectivity index (χ0n) is 15.7. The Labute approximate surface area is 154 Å². The van der Waals surface area contributed by atoms with E-state index in [0.29, 0.717) is 6.54 Å². The summed E-state index contributed by atoms with van der Waals surface area (Å²) in [7, 11) is 0. The van der Waals surface area contributed by atoms with Crippen molar-refractivity contribution in [2.24, 2.45) is 0 Å². The molecule has 1 aromatic carbocycles. The van der Waals surface area contributed by atoms with E-state index >= 15 is 0 Å². The Hall–Kier alpha value is -2.18. The summed E-state index contributed by atoms with van der Waals surface area (Å²) in [5.41, 5.74) is 5.73. The highest BCUT2D eigenvalue weighted by molar-refractivity contribution is 5.95. The molecule has 1 N–H and O–H groups in total.